The number of hydrogen-bond acceptors (Lipinski definition) is 1. The smallest absolute Gasteiger partial charge is 0.0619 e. The van der Waals surface area contributed by atoms with Crippen LogP contribution in [0.5, 0.6) is 0 Å². The average molecular weight is 1280 g/mol. The minimum atomic E-state index is -0.217. The maximum absolute atomic E-state index is 2.54. The summed E-state index contributed by atoms with van der Waals surface area (Å²) in [4.78, 5) is 2.34. The topological polar surface area (TPSA) is 18.0 Å². The van der Waals surface area contributed by atoms with Crippen molar-refractivity contribution in [3.63, 3.8) is 0 Å². The fraction of sp³-hybridized carbons (Fsp3) is 0.0625. The van der Waals surface area contributed by atoms with Gasteiger partial charge in [-0.25, -0.2) is 0 Å². The second kappa shape index (κ2) is 22.0. The number of para-hydroxylation sites is 6. The Morgan fingerprint density at radius 3 is 1.41 bits per heavy atom. The molecule has 100 heavy (non-hydrogen) atoms. The Hall–Kier alpha value is -12.5. The fourth-order valence-corrected chi connectivity index (χ4v) is 17.7. The lowest BCUT2D eigenvalue weighted by atomic mass is 9.80. The van der Waals surface area contributed by atoms with E-state index in [9.17, 15) is 0 Å². The molecule has 0 aliphatic heterocycles. The first kappa shape index (κ1) is 57.7. The Labute approximate surface area is 580 Å². The summed E-state index contributed by atoms with van der Waals surface area (Å²) in [6.07, 6.45) is 0. The van der Waals surface area contributed by atoms with E-state index in [1.165, 1.54) is 165 Å². The fourth-order valence-electron chi connectivity index (χ4n) is 17.7. The molecule has 0 radical (unpaired) electrons. The van der Waals surface area contributed by atoms with Gasteiger partial charge in [-0.15, -0.1) is 0 Å². The van der Waals surface area contributed by atoms with Crippen molar-refractivity contribution in [2.75, 3.05) is 4.90 Å². The third-order valence-electron chi connectivity index (χ3n) is 22.2. The van der Waals surface area contributed by atoms with Gasteiger partial charge in [-0.2, -0.15) is 0 Å². The van der Waals surface area contributed by atoms with Crippen LogP contribution in [-0.2, 0) is 10.8 Å². The highest BCUT2D eigenvalue weighted by atomic mass is 15.1. The molecule has 19 aromatic rings. The number of fused-ring (bicyclic) bond motifs is 21. The summed E-state index contributed by atoms with van der Waals surface area (Å²) in [7, 11) is 0. The van der Waals surface area contributed by atoms with Crippen molar-refractivity contribution in [3.05, 3.63) is 362 Å². The molecule has 0 bridgehead atoms. The molecule has 2 aliphatic rings. The molecule has 0 spiro atoms. The van der Waals surface area contributed by atoms with E-state index in [1.807, 2.05) is 0 Å². The van der Waals surface area contributed by atoms with Gasteiger partial charge in [0.2, 0.25) is 0 Å². The van der Waals surface area contributed by atoms with Crippen LogP contribution in [0.4, 0.5) is 17.1 Å². The summed E-state index contributed by atoms with van der Waals surface area (Å²) in [5, 5.41) is 15.4. The summed E-state index contributed by atoms with van der Waals surface area (Å²) in [5.41, 5.74) is 27.5. The van der Waals surface area contributed by atoms with Crippen molar-refractivity contribution in [2.24, 2.45) is 0 Å². The van der Waals surface area contributed by atoms with E-state index in [4.69, 9.17) is 0 Å². The van der Waals surface area contributed by atoms with Gasteiger partial charge in [0.1, 0.15) is 0 Å². The summed E-state index contributed by atoms with van der Waals surface area (Å²) in [6, 6.07) is 125. The van der Waals surface area contributed by atoms with Crippen molar-refractivity contribution < 1.29 is 0 Å². The van der Waals surface area contributed by atoms with Crippen LogP contribution in [0.25, 0.3) is 148 Å². The van der Waals surface area contributed by atoms with Gasteiger partial charge >= 0.3 is 0 Å². The Morgan fingerprint density at radius 1 is 0.250 bits per heavy atom. The summed E-state index contributed by atoms with van der Waals surface area (Å²) in [5.74, 6) is 0. The maximum Gasteiger partial charge on any atom is 0.0619 e. The molecule has 0 saturated carbocycles. The third-order valence-corrected chi connectivity index (χ3v) is 22.2. The van der Waals surface area contributed by atoms with Gasteiger partial charge in [-0.1, -0.05) is 258 Å². The van der Waals surface area contributed by atoms with Crippen LogP contribution in [-0.4, -0.2) is 13.7 Å². The quantitative estimate of drug-likeness (QED) is 0.156. The van der Waals surface area contributed by atoms with Gasteiger partial charge in [0.25, 0.3) is 0 Å². The predicted molar refractivity (Wildman–Crippen MR) is 424 cm³/mol. The number of benzene rings is 16. The average Bonchev–Trinajstić information content (AvgIpc) is 1.53. The molecule has 4 nitrogen and oxygen atoms in total. The highest BCUT2D eigenvalue weighted by Crippen LogP contribution is 2.59. The van der Waals surface area contributed by atoms with Gasteiger partial charge < -0.3 is 18.6 Å². The number of anilines is 3. The maximum atomic E-state index is 2.54. The van der Waals surface area contributed by atoms with Gasteiger partial charge in [0.05, 0.1) is 33.1 Å². The van der Waals surface area contributed by atoms with E-state index in [0.717, 1.165) is 22.7 Å². The molecule has 3 aromatic heterocycles. The monoisotopic (exact) mass is 1280 g/mol. The number of aromatic nitrogens is 3. The van der Waals surface area contributed by atoms with Crippen molar-refractivity contribution in [3.8, 4) is 50.4 Å². The molecule has 2 aliphatic carbocycles. The van der Waals surface area contributed by atoms with E-state index in [-0.39, 0.29) is 10.8 Å². The van der Waals surface area contributed by atoms with Crippen molar-refractivity contribution in [2.45, 2.75) is 38.5 Å². The molecule has 3 heterocycles. The summed E-state index contributed by atoms with van der Waals surface area (Å²) < 4.78 is 7.40. The largest absolute Gasteiger partial charge is 0.310 e. The lowest BCUT2D eigenvalue weighted by molar-refractivity contribution is 0.661. The SMILES string of the molecule is CC1(C)c2cc3c(c(-c4ccc5c(c4)c4ccccc4n5-c4ccccc4)c2-c2c1ccc1ccccc21)c1ccc2ccccc2c1n3-c1ccccc1.CC1(C)c2cc3c4ccc(N(c5ccccc5)c5ccccc5)cc4n(-c4ccccc4)c3cc2-c2ccc3ccccc3c21. The van der Waals surface area contributed by atoms with Crippen LogP contribution < -0.4 is 4.90 Å². The summed E-state index contributed by atoms with van der Waals surface area (Å²) >= 11 is 0. The molecule has 0 amide bonds. The van der Waals surface area contributed by atoms with Crippen molar-refractivity contribution in [1.82, 2.24) is 13.7 Å². The Kier molecular flexibility index (Phi) is 12.7. The van der Waals surface area contributed by atoms with E-state index in [0.29, 0.717) is 0 Å². The zero-order valence-corrected chi connectivity index (χ0v) is 56.1. The molecule has 4 heteroatoms. The van der Waals surface area contributed by atoms with Crippen LogP contribution in [0.2, 0.25) is 0 Å². The van der Waals surface area contributed by atoms with Crippen LogP contribution in [0, 0.1) is 0 Å². The van der Waals surface area contributed by atoms with Gasteiger partial charge in [0.15, 0.2) is 0 Å². The third kappa shape index (κ3) is 8.47. The van der Waals surface area contributed by atoms with E-state index >= 15 is 0 Å². The Balaban J connectivity index is 0.000000138. The van der Waals surface area contributed by atoms with Crippen LogP contribution >= 0.6 is 0 Å². The van der Waals surface area contributed by atoms with Gasteiger partial charge in [0, 0.05) is 82.7 Å². The normalized spacial score (nSPS) is 13.4. The molecule has 472 valence electrons. The van der Waals surface area contributed by atoms with E-state index in [2.05, 4.69) is 386 Å². The highest BCUT2D eigenvalue weighted by molar-refractivity contribution is 6.27. The molecule has 21 rings (SSSR count). The lowest BCUT2D eigenvalue weighted by Crippen LogP contribution is -2.15. The number of hydrogen-bond donors (Lipinski definition) is 0. The highest BCUT2D eigenvalue weighted by Gasteiger charge is 2.41. The lowest BCUT2D eigenvalue weighted by Gasteiger charge is -2.25. The molecule has 0 fully saturated rings. The number of rotatable bonds is 7. The second-order valence-corrected chi connectivity index (χ2v) is 28.3. The first-order chi connectivity index (χ1) is 49.2. The molecule has 0 N–H and O–H groups in total. The zero-order valence-electron chi connectivity index (χ0n) is 56.1. The molecule has 0 unspecified atom stereocenters. The molecular weight excluding hydrogens is 1210 g/mol. The van der Waals surface area contributed by atoms with E-state index in [1.54, 1.807) is 0 Å². The van der Waals surface area contributed by atoms with E-state index < -0.39 is 0 Å². The predicted octanol–water partition coefficient (Wildman–Crippen LogP) is 25.9. The van der Waals surface area contributed by atoms with Crippen LogP contribution in [0.15, 0.2) is 340 Å². The van der Waals surface area contributed by atoms with Crippen LogP contribution in [0.3, 0.4) is 0 Å². The minimum absolute atomic E-state index is 0.113. The Bertz CT molecular complexity index is 6510. The molecule has 0 atom stereocenters. The molecule has 0 saturated heterocycles. The summed E-state index contributed by atoms with van der Waals surface area (Å²) in [6.45, 7) is 9.62. The first-order valence-electron chi connectivity index (χ1n) is 35.0. The van der Waals surface area contributed by atoms with Crippen LogP contribution in [0.1, 0.15) is 49.9 Å². The second-order valence-electron chi connectivity index (χ2n) is 28.3. The van der Waals surface area contributed by atoms with Crippen molar-refractivity contribution >= 4 is 115 Å². The Morgan fingerprint density at radius 2 is 0.740 bits per heavy atom. The number of nitrogens with zero attached hydrogens (tertiary/aromatic N) is 4. The molecule has 16 aromatic carbocycles. The van der Waals surface area contributed by atoms with Gasteiger partial charge in [-0.3, -0.25) is 0 Å². The van der Waals surface area contributed by atoms with Crippen molar-refractivity contribution in [1.29, 1.82) is 0 Å². The standard InChI is InChI=1S/C53H36N2.C43H32N2/c1-53(2)43-29-26-33-15-9-11-21-38(33)49(43)51-44(53)32-47-50(41-28-25-34-16-10-12-22-39(34)52(41)55(47)37-19-7-4-8-20-37)48(51)35-27-30-46-42(31-35)40-23-13-14-24-45(40)54(46)36-17-5-3-6-18-36;1-43(2)39-27-38-35-25-23-33(44(30-15-6-3-7-16-30)31-17-8-4-9-18-31)26-40(35)45(32-19-10-5-11-20-32)41(38)28-37(39)36-24-22-29-14-12-13-21-34(29)42(36)43/h3-32H,1-2H3;3-28H,1-2H3. The van der Waals surface area contributed by atoms with Gasteiger partial charge in [-0.05, 0) is 192 Å². The first-order valence-corrected chi connectivity index (χ1v) is 35.0. The minimum Gasteiger partial charge on any atom is -0.310 e. The molecular formula is C96H68N4. The zero-order chi connectivity index (χ0) is 66.5.